The van der Waals surface area contributed by atoms with Crippen LogP contribution in [0, 0.1) is 10.1 Å². The van der Waals surface area contributed by atoms with Crippen LogP contribution in [0.3, 0.4) is 0 Å². The van der Waals surface area contributed by atoms with Crippen molar-refractivity contribution in [3.63, 3.8) is 0 Å². The van der Waals surface area contributed by atoms with Gasteiger partial charge in [0.15, 0.2) is 5.36 Å². The molecule has 5 N–H and O–H groups in total. The zero-order valence-electron chi connectivity index (χ0n) is 17.3. The van der Waals surface area contributed by atoms with Crippen molar-refractivity contribution in [1.82, 2.24) is 0 Å². The van der Waals surface area contributed by atoms with Crippen molar-refractivity contribution in [2.24, 2.45) is 10.2 Å². The number of benzene rings is 3. The zero-order chi connectivity index (χ0) is 25.0. The number of nitrogens with one attached hydrogen (secondary N) is 2. The van der Waals surface area contributed by atoms with Gasteiger partial charge in [-0.3, -0.25) is 35.1 Å². The molecule has 0 unspecified atom stereocenters. The molecule has 0 atom stereocenters. The molecule has 0 bridgehead atoms. The van der Waals surface area contributed by atoms with Gasteiger partial charge >= 0.3 is 0 Å². The summed E-state index contributed by atoms with van der Waals surface area (Å²) < 4.78 is 37.0. The fraction of sp³-hybridized carbons (Fsp3) is 0.0526. The van der Waals surface area contributed by atoms with Gasteiger partial charge in [0.25, 0.3) is 15.8 Å². The van der Waals surface area contributed by atoms with Gasteiger partial charge in [-0.05, 0) is 42.5 Å². The minimum Gasteiger partial charge on any atom is -0.495 e. The molecule has 0 saturated heterocycles. The molecule has 0 aliphatic carbocycles. The molecule has 0 aliphatic heterocycles. The molecule has 0 aromatic heterocycles. The van der Waals surface area contributed by atoms with Gasteiger partial charge in [0.2, 0.25) is 10.9 Å². The summed E-state index contributed by atoms with van der Waals surface area (Å²) >= 11 is 0. The SMILES string of the molecule is COc1ccc(S(=O)(=O)O)cc1NN=c1ccc(=O)c(=NNc2ccc([N+](=O)[O-])c(N)c2)c1=O. The van der Waals surface area contributed by atoms with E-state index in [1.54, 1.807) is 0 Å². The van der Waals surface area contributed by atoms with Gasteiger partial charge in [0.05, 0.1) is 28.3 Å². The molecular formula is C19H16N6O8S. The maximum Gasteiger partial charge on any atom is 0.294 e. The van der Waals surface area contributed by atoms with Crippen molar-refractivity contribution >= 4 is 32.9 Å². The first kappa shape index (κ1) is 24.0. The number of nitrogens with two attached hydrogens (primary N) is 1. The molecule has 0 aliphatic rings. The molecule has 14 nitrogen and oxygen atoms in total. The molecule has 34 heavy (non-hydrogen) atoms. The fourth-order valence-electron chi connectivity index (χ4n) is 2.70. The van der Waals surface area contributed by atoms with E-state index in [2.05, 4.69) is 21.1 Å². The Morgan fingerprint density at radius 2 is 1.79 bits per heavy atom. The molecule has 3 aromatic rings. The topological polar surface area (TPSA) is 216 Å². The third-order valence-corrected chi connectivity index (χ3v) is 5.21. The van der Waals surface area contributed by atoms with Crippen molar-refractivity contribution in [2.75, 3.05) is 23.7 Å². The molecule has 0 spiro atoms. The molecule has 3 aromatic carbocycles. The van der Waals surface area contributed by atoms with E-state index >= 15 is 0 Å². The quantitative estimate of drug-likeness (QED) is 0.149. The smallest absolute Gasteiger partial charge is 0.294 e. The number of hydrogen-bond donors (Lipinski definition) is 4. The molecule has 176 valence electrons. The molecule has 0 radical (unpaired) electrons. The zero-order valence-corrected chi connectivity index (χ0v) is 18.1. The van der Waals surface area contributed by atoms with Crippen molar-refractivity contribution in [3.05, 3.63) is 89.8 Å². The van der Waals surface area contributed by atoms with E-state index in [1.165, 1.54) is 25.3 Å². The van der Waals surface area contributed by atoms with Crippen LogP contribution in [0.4, 0.5) is 22.7 Å². The van der Waals surface area contributed by atoms with Crippen LogP contribution in [-0.2, 0) is 10.1 Å². The number of nitrogens with zero attached hydrogens (tertiary/aromatic N) is 3. The van der Waals surface area contributed by atoms with Gasteiger partial charge in [0, 0.05) is 6.07 Å². The number of methoxy groups -OCH3 is 1. The highest BCUT2D eigenvalue weighted by Gasteiger charge is 2.13. The largest absolute Gasteiger partial charge is 0.495 e. The van der Waals surface area contributed by atoms with Crippen LogP contribution in [0.2, 0.25) is 0 Å². The normalized spacial score (nSPS) is 12.4. The molecule has 0 fully saturated rings. The number of rotatable bonds is 7. The average molecular weight is 488 g/mol. The lowest BCUT2D eigenvalue weighted by Crippen LogP contribution is -2.47. The van der Waals surface area contributed by atoms with E-state index in [0.717, 1.165) is 30.3 Å². The first-order valence-electron chi connectivity index (χ1n) is 9.15. The van der Waals surface area contributed by atoms with E-state index in [0.29, 0.717) is 0 Å². The maximum absolute atomic E-state index is 12.7. The van der Waals surface area contributed by atoms with Crippen LogP contribution < -0.4 is 42.9 Å². The number of ether oxygens (including phenoxy) is 1. The second-order valence-electron chi connectivity index (χ2n) is 6.58. The summed E-state index contributed by atoms with van der Waals surface area (Å²) in [7, 11) is -3.20. The van der Waals surface area contributed by atoms with Crippen LogP contribution >= 0.6 is 0 Å². The third kappa shape index (κ3) is 5.22. The molecular weight excluding hydrogens is 472 g/mol. The van der Waals surface area contributed by atoms with Crippen molar-refractivity contribution < 1.29 is 22.6 Å². The second kappa shape index (κ2) is 9.47. The van der Waals surface area contributed by atoms with Crippen molar-refractivity contribution in [2.45, 2.75) is 4.90 Å². The standard InChI is InChI=1S/C19H16N6O8S/c1-33-17-7-3-11(34(30,31)32)9-14(17)23-22-13-4-6-16(26)18(19(13)27)24-21-10-2-5-15(25(28)29)12(20)8-10/h2-9,21,23H,20H2,1H3,(H,30,31,32). The summed E-state index contributed by atoms with van der Waals surface area (Å²) in [5.74, 6) is 0.159. The van der Waals surface area contributed by atoms with Crippen LogP contribution in [-0.4, -0.2) is 25.0 Å². The molecule has 3 rings (SSSR count). The Morgan fingerprint density at radius 1 is 1.06 bits per heavy atom. The lowest BCUT2D eigenvalue weighted by Gasteiger charge is -2.08. The van der Waals surface area contributed by atoms with Crippen LogP contribution in [0.5, 0.6) is 5.75 Å². The monoisotopic (exact) mass is 488 g/mol. The van der Waals surface area contributed by atoms with Crippen LogP contribution in [0.15, 0.2) is 73.2 Å². The predicted octanol–water partition coefficient (Wildman–Crippen LogP) is -0.116. The van der Waals surface area contributed by atoms with Gasteiger partial charge < -0.3 is 10.5 Å². The van der Waals surface area contributed by atoms with E-state index < -0.39 is 36.2 Å². The van der Waals surface area contributed by atoms with Crippen molar-refractivity contribution in [1.29, 1.82) is 0 Å². The maximum atomic E-state index is 12.7. The number of nitro benzene ring substituents is 1. The Labute approximate surface area is 190 Å². The number of nitrogen functional groups attached to an aromatic ring is 1. The number of hydrogen-bond acceptors (Lipinski definition) is 12. The lowest BCUT2D eigenvalue weighted by molar-refractivity contribution is -0.383. The summed E-state index contributed by atoms with van der Waals surface area (Å²) in [6.45, 7) is 0. The van der Waals surface area contributed by atoms with E-state index in [1.807, 2.05) is 0 Å². The van der Waals surface area contributed by atoms with Gasteiger partial charge in [-0.25, -0.2) is 0 Å². The molecule has 0 amide bonds. The molecule has 15 heteroatoms. The summed E-state index contributed by atoms with van der Waals surface area (Å²) in [6.07, 6.45) is 0. The summed E-state index contributed by atoms with van der Waals surface area (Å²) in [6, 6.07) is 9.21. The Hall–Kier alpha value is -4.63. The Morgan fingerprint density at radius 3 is 2.41 bits per heavy atom. The van der Waals surface area contributed by atoms with Crippen LogP contribution in [0.1, 0.15) is 0 Å². The molecule has 0 saturated carbocycles. The van der Waals surface area contributed by atoms with Gasteiger partial charge in [-0.1, -0.05) is 0 Å². The van der Waals surface area contributed by atoms with E-state index in [4.69, 9.17) is 10.5 Å². The summed E-state index contributed by atoms with van der Waals surface area (Å²) in [4.78, 5) is 34.5. The fourth-order valence-corrected chi connectivity index (χ4v) is 3.21. The minimum atomic E-state index is -4.51. The highest BCUT2D eigenvalue weighted by atomic mass is 32.2. The average Bonchev–Trinajstić information content (AvgIpc) is 2.77. The molecule has 0 heterocycles. The Kier molecular flexibility index (Phi) is 6.69. The summed E-state index contributed by atoms with van der Waals surface area (Å²) in [5.41, 5.74) is 8.64. The van der Waals surface area contributed by atoms with Gasteiger partial charge in [-0.2, -0.15) is 18.6 Å². The Balaban J connectivity index is 1.99. The van der Waals surface area contributed by atoms with Gasteiger partial charge in [-0.15, -0.1) is 0 Å². The summed E-state index contributed by atoms with van der Waals surface area (Å²) in [5, 5.41) is 17.7. The first-order chi connectivity index (χ1) is 16.0. The third-order valence-electron chi connectivity index (χ3n) is 4.36. The Bertz CT molecular complexity index is 1610. The minimum absolute atomic E-state index is 0.0150. The number of anilines is 3. The lowest BCUT2D eigenvalue weighted by atomic mass is 10.2. The predicted molar refractivity (Wildman–Crippen MR) is 120 cm³/mol. The van der Waals surface area contributed by atoms with Crippen LogP contribution in [0.25, 0.3) is 0 Å². The first-order valence-corrected chi connectivity index (χ1v) is 10.6. The second-order valence-corrected chi connectivity index (χ2v) is 8.00. The highest BCUT2D eigenvalue weighted by molar-refractivity contribution is 7.85. The number of nitro groups is 1. The van der Waals surface area contributed by atoms with Gasteiger partial charge in [0.1, 0.15) is 16.8 Å². The van der Waals surface area contributed by atoms with E-state index in [9.17, 15) is 32.7 Å². The van der Waals surface area contributed by atoms with E-state index in [-0.39, 0.29) is 33.9 Å². The highest BCUT2D eigenvalue weighted by Crippen LogP contribution is 2.27. The van der Waals surface area contributed by atoms with Crippen molar-refractivity contribution in [3.8, 4) is 5.75 Å².